The van der Waals surface area contributed by atoms with Crippen LogP contribution in [0.25, 0.3) is 0 Å². The molecule has 6 nitrogen and oxygen atoms in total. The molecule has 0 bridgehead atoms. The lowest BCUT2D eigenvalue weighted by Gasteiger charge is -2.21. The first-order valence-corrected chi connectivity index (χ1v) is 9.02. The predicted octanol–water partition coefficient (Wildman–Crippen LogP) is 1.66. The Morgan fingerprint density at radius 3 is 2.95 bits per heavy atom. The highest BCUT2D eigenvalue weighted by atomic mass is 32.2. The second-order valence-electron chi connectivity index (χ2n) is 6.31. The van der Waals surface area contributed by atoms with Crippen LogP contribution in [0.3, 0.4) is 0 Å². The number of hydrogen-bond acceptors (Lipinski definition) is 4. The Kier molecular flexibility index (Phi) is 3.83. The van der Waals surface area contributed by atoms with Gasteiger partial charge in [-0.25, -0.2) is 13.4 Å². The van der Waals surface area contributed by atoms with Crippen molar-refractivity contribution < 1.29 is 13.2 Å². The molecule has 1 spiro atoms. The summed E-state index contributed by atoms with van der Waals surface area (Å²) >= 11 is 0. The van der Waals surface area contributed by atoms with Crippen molar-refractivity contribution in [3.63, 3.8) is 0 Å². The van der Waals surface area contributed by atoms with Crippen LogP contribution in [0.1, 0.15) is 39.2 Å². The lowest BCUT2D eigenvalue weighted by atomic mass is 9.87. The third-order valence-corrected chi connectivity index (χ3v) is 6.60. The van der Waals surface area contributed by atoms with Gasteiger partial charge in [-0.2, -0.15) is 4.31 Å². The minimum absolute atomic E-state index is 0.0341. The van der Waals surface area contributed by atoms with Gasteiger partial charge in [0.05, 0.1) is 12.9 Å². The minimum atomic E-state index is -3.48. The van der Waals surface area contributed by atoms with E-state index in [4.69, 9.17) is 4.74 Å². The van der Waals surface area contributed by atoms with Crippen molar-refractivity contribution in [2.24, 2.45) is 5.41 Å². The van der Waals surface area contributed by atoms with E-state index in [0.717, 1.165) is 25.9 Å². The summed E-state index contributed by atoms with van der Waals surface area (Å²) in [5.74, 6) is 0. The van der Waals surface area contributed by atoms with Gasteiger partial charge in [0.25, 0.3) is 10.0 Å². The molecule has 7 heteroatoms. The highest BCUT2D eigenvalue weighted by molar-refractivity contribution is 7.89. The van der Waals surface area contributed by atoms with E-state index in [1.54, 1.807) is 16.8 Å². The molecule has 0 N–H and O–H groups in total. The van der Waals surface area contributed by atoms with E-state index in [1.807, 2.05) is 4.57 Å². The van der Waals surface area contributed by atoms with Gasteiger partial charge >= 0.3 is 0 Å². The Labute approximate surface area is 126 Å². The topological polar surface area (TPSA) is 64.4 Å². The first-order chi connectivity index (χ1) is 9.97. The number of sulfonamides is 1. The zero-order valence-electron chi connectivity index (χ0n) is 12.7. The van der Waals surface area contributed by atoms with Crippen molar-refractivity contribution in [2.75, 3.05) is 26.3 Å². The minimum Gasteiger partial charge on any atom is -0.381 e. The van der Waals surface area contributed by atoms with Crippen LogP contribution in [0.15, 0.2) is 17.6 Å². The van der Waals surface area contributed by atoms with Crippen molar-refractivity contribution >= 4 is 10.0 Å². The molecule has 118 valence electrons. The molecule has 2 aliphatic rings. The average molecular weight is 313 g/mol. The highest BCUT2D eigenvalue weighted by Crippen LogP contribution is 2.40. The number of aromatic nitrogens is 2. The fourth-order valence-electron chi connectivity index (χ4n) is 3.11. The molecule has 0 radical (unpaired) electrons. The molecule has 21 heavy (non-hydrogen) atoms. The van der Waals surface area contributed by atoms with Gasteiger partial charge in [0, 0.05) is 37.4 Å². The predicted molar refractivity (Wildman–Crippen MR) is 78.5 cm³/mol. The summed E-state index contributed by atoms with van der Waals surface area (Å²) in [7, 11) is -3.48. The molecule has 3 rings (SSSR count). The highest BCUT2D eigenvalue weighted by Gasteiger charge is 2.45. The molecule has 2 atom stereocenters. The number of imidazole rings is 1. The molecule has 2 saturated heterocycles. The van der Waals surface area contributed by atoms with E-state index in [0.29, 0.717) is 19.7 Å². The van der Waals surface area contributed by atoms with Crippen LogP contribution < -0.4 is 0 Å². The third-order valence-electron chi connectivity index (χ3n) is 4.87. The average Bonchev–Trinajstić information content (AvgIpc) is 3.19. The zero-order valence-corrected chi connectivity index (χ0v) is 13.5. The Morgan fingerprint density at radius 2 is 2.29 bits per heavy atom. The first-order valence-electron chi connectivity index (χ1n) is 7.58. The summed E-state index contributed by atoms with van der Waals surface area (Å²) in [6.45, 7) is 6.69. The Hall–Kier alpha value is -0.920. The van der Waals surface area contributed by atoms with Gasteiger partial charge in [-0.15, -0.1) is 0 Å². The van der Waals surface area contributed by atoms with E-state index in [9.17, 15) is 8.42 Å². The molecule has 2 aliphatic heterocycles. The van der Waals surface area contributed by atoms with Gasteiger partial charge in [0.15, 0.2) is 5.03 Å². The number of nitrogens with zero attached hydrogens (tertiary/aromatic N) is 3. The van der Waals surface area contributed by atoms with Crippen molar-refractivity contribution in [3.8, 4) is 0 Å². The lowest BCUT2D eigenvalue weighted by Crippen LogP contribution is -2.32. The SMILES string of the molecule is CC[C@H](C)n1cnc(S(=O)(=O)N2CC[C@]3(CCOC3)C2)c1. The summed E-state index contributed by atoms with van der Waals surface area (Å²) in [5.41, 5.74) is 0.0341. The molecule has 0 unspecified atom stereocenters. The first kappa shape index (κ1) is 15.0. The Bertz CT molecular complexity index is 605. The van der Waals surface area contributed by atoms with Gasteiger partial charge in [-0.1, -0.05) is 6.92 Å². The molecule has 0 aromatic carbocycles. The third kappa shape index (κ3) is 2.62. The van der Waals surface area contributed by atoms with Crippen LogP contribution in [0.4, 0.5) is 0 Å². The summed E-state index contributed by atoms with van der Waals surface area (Å²) in [6, 6.07) is 0.259. The molecule has 1 aromatic heterocycles. The van der Waals surface area contributed by atoms with Gasteiger partial charge < -0.3 is 9.30 Å². The van der Waals surface area contributed by atoms with Crippen LogP contribution in [-0.4, -0.2) is 48.6 Å². The normalized spacial score (nSPS) is 28.5. The van der Waals surface area contributed by atoms with E-state index in [2.05, 4.69) is 18.8 Å². The van der Waals surface area contributed by atoms with Crippen LogP contribution >= 0.6 is 0 Å². The van der Waals surface area contributed by atoms with Gasteiger partial charge in [0.1, 0.15) is 0 Å². The fraction of sp³-hybridized carbons (Fsp3) is 0.786. The molecule has 0 amide bonds. The summed E-state index contributed by atoms with van der Waals surface area (Å²) in [4.78, 5) is 4.12. The molecule has 0 aliphatic carbocycles. The Balaban J connectivity index is 1.79. The molecule has 3 heterocycles. The monoisotopic (exact) mass is 313 g/mol. The largest absolute Gasteiger partial charge is 0.381 e. The van der Waals surface area contributed by atoms with Crippen LogP contribution in [0.5, 0.6) is 0 Å². The molecular formula is C14H23N3O3S. The number of rotatable bonds is 4. The molecule has 1 aromatic rings. The maximum absolute atomic E-state index is 12.7. The number of hydrogen-bond donors (Lipinski definition) is 0. The van der Waals surface area contributed by atoms with Crippen molar-refractivity contribution in [3.05, 3.63) is 12.5 Å². The van der Waals surface area contributed by atoms with Crippen molar-refractivity contribution in [2.45, 2.75) is 44.2 Å². The zero-order chi connectivity index (χ0) is 15.1. The van der Waals surface area contributed by atoms with E-state index in [1.165, 1.54) is 0 Å². The summed E-state index contributed by atoms with van der Waals surface area (Å²) < 4.78 is 34.3. The number of ether oxygens (including phenoxy) is 1. The fourth-order valence-corrected chi connectivity index (χ4v) is 4.58. The standard InChI is InChI=1S/C14H23N3O3S/c1-3-12(2)16-8-13(15-11-16)21(18,19)17-6-4-14(9-17)5-7-20-10-14/h8,11-12H,3-7,9-10H2,1-2H3/t12-,14-/m0/s1. The van der Waals surface area contributed by atoms with Crippen molar-refractivity contribution in [1.29, 1.82) is 0 Å². The second kappa shape index (κ2) is 5.37. The molecule has 2 fully saturated rings. The Morgan fingerprint density at radius 1 is 1.48 bits per heavy atom. The summed E-state index contributed by atoms with van der Waals surface area (Å²) in [5, 5.41) is 0.166. The van der Waals surface area contributed by atoms with Crippen LogP contribution in [0.2, 0.25) is 0 Å². The van der Waals surface area contributed by atoms with Gasteiger partial charge in [-0.3, -0.25) is 0 Å². The molecular weight excluding hydrogens is 290 g/mol. The summed E-state index contributed by atoms with van der Waals surface area (Å²) in [6.07, 6.45) is 6.06. The quantitative estimate of drug-likeness (QED) is 0.848. The molecule has 0 saturated carbocycles. The van der Waals surface area contributed by atoms with Crippen LogP contribution in [-0.2, 0) is 14.8 Å². The maximum atomic E-state index is 12.7. The van der Waals surface area contributed by atoms with E-state index >= 15 is 0 Å². The van der Waals surface area contributed by atoms with E-state index < -0.39 is 10.0 Å². The second-order valence-corrected chi connectivity index (χ2v) is 8.19. The van der Waals surface area contributed by atoms with E-state index in [-0.39, 0.29) is 16.5 Å². The van der Waals surface area contributed by atoms with Gasteiger partial charge in [0.2, 0.25) is 0 Å². The van der Waals surface area contributed by atoms with Gasteiger partial charge in [-0.05, 0) is 26.2 Å². The van der Waals surface area contributed by atoms with Crippen LogP contribution in [0, 0.1) is 5.41 Å². The van der Waals surface area contributed by atoms with Crippen molar-refractivity contribution in [1.82, 2.24) is 13.9 Å². The smallest absolute Gasteiger partial charge is 0.262 e. The lowest BCUT2D eigenvalue weighted by molar-refractivity contribution is 0.157. The maximum Gasteiger partial charge on any atom is 0.262 e.